The molecule has 5 nitrogen and oxygen atoms in total. The van der Waals surface area contributed by atoms with Crippen molar-refractivity contribution in [3.63, 3.8) is 0 Å². The molecule has 0 saturated heterocycles. The van der Waals surface area contributed by atoms with Gasteiger partial charge in [0.05, 0.1) is 12.3 Å². The van der Waals surface area contributed by atoms with Gasteiger partial charge in [0.1, 0.15) is 6.61 Å². The van der Waals surface area contributed by atoms with E-state index >= 15 is 0 Å². The number of aryl methyl sites for hydroxylation is 1. The highest BCUT2D eigenvalue weighted by atomic mass is 16.5. The lowest BCUT2D eigenvalue weighted by atomic mass is 9.85. The minimum atomic E-state index is -0.0429. The predicted octanol–water partition coefficient (Wildman–Crippen LogP) is 2.33. The summed E-state index contributed by atoms with van der Waals surface area (Å²) in [6.07, 6.45) is 8.04. The molecule has 1 amide bonds. The van der Waals surface area contributed by atoms with Gasteiger partial charge in [-0.3, -0.25) is 9.48 Å². The van der Waals surface area contributed by atoms with Crippen LogP contribution in [0.4, 0.5) is 0 Å². The summed E-state index contributed by atoms with van der Waals surface area (Å²) >= 11 is 0. The van der Waals surface area contributed by atoms with E-state index in [9.17, 15) is 4.79 Å². The summed E-state index contributed by atoms with van der Waals surface area (Å²) in [5.41, 5.74) is 2.13. The number of hydrogen-bond donors (Lipinski definition) is 1. The summed E-state index contributed by atoms with van der Waals surface area (Å²) in [5, 5.41) is 7.08. The smallest absolute Gasteiger partial charge is 0.246 e. The standard InChI is InChI=1S/C16H27N3O2/c1-4-13-7-5-6-8-15(13)21-11-16(20)17-9-14-10-18-19(3)12(14)2/h10,13,15H,4-9,11H2,1-3H3,(H,17,20). The third-order valence-electron chi connectivity index (χ3n) is 4.61. The Morgan fingerprint density at radius 1 is 1.48 bits per heavy atom. The molecule has 1 aromatic heterocycles. The van der Waals surface area contributed by atoms with Gasteiger partial charge in [-0.1, -0.05) is 26.2 Å². The van der Waals surface area contributed by atoms with Gasteiger partial charge < -0.3 is 10.1 Å². The second-order valence-corrected chi connectivity index (χ2v) is 5.96. The number of hydrogen-bond acceptors (Lipinski definition) is 3. The van der Waals surface area contributed by atoms with E-state index in [1.54, 1.807) is 6.20 Å². The van der Waals surface area contributed by atoms with Crippen LogP contribution in [0.1, 0.15) is 50.3 Å². The van der Waals surface area contributed by atoms with Gasteiger partial charge in [-0.05, 0) is 25.7 Å². The number of nitrogens with one attached hydrogen (secondary N) is 1. The van der Waals surface area contributed by atoms with E-state index in [0.717, 1.165) is 24.1 Å². The number of ether oxygens (including phenoxy) is 1. The van der Waals surface area contributed by atoms with Gasteiger partial charge in [-0.2, -0.15) is 5.10 Å². The highest BCUT2D eigenvalue weighted by Gasteiger charge is 2.24. The Morgan fingerprint density at radius 2 is 2.24 bits per heavy atom. The van der Waals surface area contributed by atoms with E-state index < -0.39 is 0 Å². The van der Waals surface area contributed by atoms with Crippen LogP contribution in [-0.2, 0) is 23.1 Å². The van der Waals surface area contributed by atoms with Gasteiger partial charge in [-0.25, -0.2) is 0 Å². The molecule has 0 spiro atoms. The quantitative estimate of drug-likeness (QED) is 0.876. The van der Waals surface area contributed by atoms with Crippen LogP contribution in [0.5, 0.6) is 0 Å². The number of carbonyl (C=O) groups is 1. The maximum atomic E-state index is 11.9. The fourth-order valence-corrected chi connectivity index (χ4v) is 3.01. The van der Waals surface area contributed by atoms with E-state index in [1.807, 2.05) is 18.7 Å². The molecule has 1 fully saturated rings. The zero-order chi connectivity index (χ0) is 15.2. The van der Waals surface area contributed by atoms with Gasteiger partial charge >= 0.3 is 0 Å². The molecule has 0 aromatic carbocycles. The first-order valence-corrected chi connectivity index (χ1v) is 7.97. The molecule has 0 aliphatic heterocycles. The summed E-state index contributed by atoms with van der Waals surface area (Å²) in [6, 6.07) is 0. The molecule has 1 heterocycles. The molecular weight excluding hydrogens is 266 g/mol. The molecule has 118 valence electrons. The Bertz CT molecular complexity index is 470. The Kier molecular flexibility index (Phi) is 5.79. The number of rotatable bonds is 6. The average Bonchev–Trinajstić information content (AvgIpc) is 2.82. The molecule has 1 aliphatic carbocycles. The van der Waals surface area contributed by atoms with Crippen LogP contribution in [0.2, 0.25) is 0 Å². The molecule has 2 rings (SSSR count). The Morgan fingerprint density at radius 3 is 2.90 bits per heavy atom. The highest BCUT2D eigenvalue weighted by Crippen LogP contribution is 2.28. The Hall–Kier alpha value is -1.36. The van der Waals surface area contributed by atoms with Crippen LogP contribution >= 0.6 is 0 Å². The number of amides is 1. The summed E-state index contributed by atoms with van der Waals surface area (Å²) in [5.74, 6) is 0.575. The molecule has 0 radical (unpaired) electrons. The molecule has 1 aliphatic rings. The lowest BCUT2D eigenvalue weighted by Gasteiger charge is -2.30. The van der Waals surface area contributed by atoms with Crippen molar-refractivity contribution in [3.8, 4) is 0 Å². The van der Waals surface area contributed by atoms with E-state index in [-0.39, 0.29) is 18.6 Å². The Labute approximate surface area is 127 Å². The van der Waals surface area contributed by atoms with Crippen molar-refractivity contribution in [2.75, 3.05) is 6.61 Å². The van der Waals surface area contributed by atoms with E-state index in [1.165, 1.54) is 19.3 Å². The minimum Gasteiger partial charge on any atom is -0.368 e. The molecule has 1 aromatic rings. The zero-order valence-corrected chi connectivity index (χ0v) is 13.4. The first-order valence-electron chi connectivity index (χ1n) is 7.97. The van der Waals surface area contributed by atoms with E-state index in [4.69, 9.17) is 4.74 Å². The van der Waals surface area contributed by atoms with Crippen molar-refractivity contribution in [2.24, 2.45) is 13.0 Å². The van der Waals surface area contributed by atoms with Crippen LogP contribution < -0.4 is 5.32 Å². The van der Waals surface area contributed by atoms with Gasteiger partial charge in [-0.15, -0.1) is 0 Å². The largest absolute Gasteiger partial charge is 0.368 e. The Balaban J connectivity index is 1.73. The molecule has 5 heteroatoms. The minimum absolute atomic E-state index is 0.0429. The zero-order valence-electron chi connectivity index (χ0n) is 13.4. The van der Waals surface area contributed by atoms with Gasteiger partial charge in [0.25, 0.3) is 0 Å². The third-order valence-corrected chi connectivity index (χ3v) is 4.61. The molecular formula is C16H27N3O2. The summed E-state index contributed by atoms with van der Waals surface area (Å²) in [6.45, 7) is 4.89. The van der Waals surface area contributed by atoms with E-state index in [2.05, 4.69) is 17.3 Å². The molecule has 1 N–H and O–H groups in total. The van der Waals surface area contributed by atoms with Crippen molar-refractivity contribution in [1.29, 1.82) is 0 Å². The second-order valence-electron chi connectivity index (χ2n) is 5.96. The summed E-state index contributed by atoms with van der Waals surface area (Å²) in [4.78, 5) is 11.9. The lowest BCUT2D eigenvalue weighted by molar-refractivity contribution is -0.130. The number of nitrogens with zero attached hydrogens (tertiary/aromatic N) is 2. The number of aromatic nitrogens is 2. The lowest BCUT2D eigenvalue weighted by Crippen LogP contribution is -2.33. The molecule has 2 unspecified atom stereocenters. The molecule has 1 saturated carbocycles. The van der Waals surface area contributed by atoms with Crippen LogP contribution in [0, 0.1) is 12.8 Å². The second kappa shape index (κ2) is 7.59. The highest BCUT2D eigenvalue weighted by molar-refractivity contribution is 5.77. The first-order chi connectivity index (χ1) is 10.1. The average molecular weight is 293 g/mol. The monoisotopic (exact) mass is 293 g/mol. The molecule has 2 atom stereocenters. The molecule has 21 heavy (non-hydrogen) atoms. The van der Waals surface area contributed by atoms with Gasteiger partial charge in [0, 0.05) is 24.8 Å². The fourth-order valence-electron chi connectivity index (χ4n) is 3.01. The maximum Gasteiger partial charge on any atom is 0.246 e. The van der Waals surface area contributed by atoms with Crippen molar-refractivity contribution in [3.05, 3.63) is 17.5 Å². The van der Waals surface area contributed by atoms with Crippen molar-refractivity contribution >= 4 is 5.91 Å². The maximum absolute atomic E-state index is 11.9. The third kappa shape index (κ3) is 4.30. The fraction of sp³-hybridized carbons (Fsp3) is 0.750. The van der Waals surface area contributed by atoms with Crippen LogP contribution in [0.15, 0.2) is 6.20 Å². The van der Waals surface area contributed by atoms with Crippen LogP contribution in [0.25, 0.3) is 0 Å². The van der Waals surface area contributed by atoms with Gasteiger partial charge in [0.2, 0.25) is 5.91 Å². The first kappa shape index (κ1) is 16.0. The van der Waals surface area contributed by atoms with Crippen LogP contribution in [-0.4, -0.2) is 28.4 Å². The molecule has 0 bridgehead atoms. The van der Waals surface area contributed by atoms with Crippen LogP contribution in [0.3, 0.4) is 0 Å². The normalized spacial score (nSPS) is 22.2. The van der Waals surface area contributed by atoms with E-state index in [0.29, 0.717) is 12.5 Å². The van der Waals surface area contributed by atoms with Crippen molar-refractivity contribution in [2.45, 2.75) is 58.6 Å². The summed E-state index contributed by atoms with van der Waals surface area (Å²) < 4.78 is 7.65. The summed E-state index contributed by atoms with van der Waals surface area (Å²) in [7, 11) is 1.90. The van der Waals surface area contributed by atoms with Crippen molar-refractivity contribution < 1.29 is 9.53 Å². The number of carbonyl (C=O) groups excluding carboxylic acids is 1. The van der Waals surface area contributed by atoms with Crippen molar-refractivity contribution in [1.82, 2.24) is 15.1 Å². The van der Waals surface area contributed by atoms with Gasteiger partial charge in [0.15, 0.2) is 0 Å². The predicted molar refractivity (Wildman–Crippen MR) is 81.8 cm³/mol. The SMILES string of the molecule is CCC1CCCCC1OCC(=O)NCc1cnn(C)c1C. The topological polar surface area (TPSA) is 56.1 Å².